The molecule has 0 fully saturated rings. The van der Waals surface area contributed by atoms with Gasteiger partial charge in [-0.15, -0.1) is 11.5 Å². The Hall–Kier alpha value is -5.01. The number of anilines is 1. The van der Waals surface area contributed by atoms with Gasteiger partial charge in [0.25, 0.3) is 5.56 Å². The zero-order valence-electron chi connectivity index (χ0n) is 20.2. The molecular formula is C28H22N6O4. The first-order valence-corrected chi connectivity index (χ1v) is 12.1. The van der Waals surface area contributed by atoms with Crippen LogP contribution in [0.4, 0.5) is 5.69 Å². The first kappa shape index (κ1) is 23.4. The second kappa shape index (κ2) is 9.46. The Morgan fingerprint density at radius 3 is 2.79 bits per heavy atom. The van der Waals surface area contributed by atoms with Crippen molar-refractivity contribution in [1.29, 1.82) is 0 Å². The number of aliphatic hydroxyl groups excluding tert-OH is 1. The van der Waals surface area contributed by atoms with E-state index in [1.807, 2.05) is 36.4 Å². The molecule has 3 aromatic carbocycles. The monoisotopic (exact) mass is 506 g/mol. The number of rotatable bonds is 6. The third kappa shape index (κ3) is 4.05. The van der Waals surface area contributed by atoms with Gasteiger partial charge in [0.15, 0.2) is 0 Å². The Labute approximate surface area is 216 Å². The second-order valence-electron chi connectivity index (χ2n) is 9.00. The molecule has 0 spiro atoms. The van der Waals surface area contributed by atoms with Crippen molar-refractivity contribution in [1.82, 2.24) is 25.1 Å². The van der Waals surface area contributed by atoms with Gasteiger partial charge in [-0.3, -0.25) is 4.79 Å². The van der Waals surface area contributed by atoms with Crippen molar-refractivity contribution >= 4 is 33.6 Å². The van der Waals surface area contributed by atoms with Crippen molar-refractivity contribution in [2.75, 3.05) is 11.4 Å². The number of aryl methyl sites for hydroxylation is 1. The highest BCUT2D eigenvalue weighted by Gasteiger charge is 2.29. The lowest BCUT2D eigenvalue weighted by atomic mass is 10.0. The van der Waals surface area contributed by atoms with Crippen LogP contribution in [0.5, 0.6) is 0 Å². The third-order valence-corrected chi connectivity index (χ3v) is 6.77. The number of aliphatic hydroxyl groups is 1. The molecule has 188 valence electrons. The molecule has 2 heterocycles. The average molecular weight is 507 g/mol. The number of nitrogens with zero attached hydrogens (tertiary/aromatic N) is 5. The number of nitrogens with one attached hydrogen (secondary N) is 1. The van der Waals surface area contributed by atoms with Gasteiger partial charge in [-0.2, -0.15) is 0 Å². The van der Waals surface area contributed by atoms with E-state index in [0.29, 0.717) is 34.0 Å². The number of hydrogen-bond acceptors (Lipinski definition) is 8. The molecule has 1 atom stereocenters. The molecule has 5 aromatic rings. The van der Waals surface area contributed by atoms with Gasteiger partial charge in [-0.05, 0) is 77.7 Å². The number of carbonyl (C=O) groups is 1. The van der Waals surface area contributed by atoms with Crippen molar-refractivity contribution in [3.05, 3.63) is 93.5 Å². The molecule has 38 heavy (non-hydrogen) atoms. The lowest BCUT2D eigenvalue weighted by Gasteiger charge is -2.30. The zero-order chi connectivity index (χ0) is 26.2. The molecule has 0 saturated heterocycles. The first-order valence-electron chi connectivity index (χ1n) is 12.1. The number of fused-ring (bicyclic) bond motifs is 3. The van der Waals surface area contributed by atoms with E-state index in [4.69, 9.17) is 11.3 Å². The molecule has 0 bridgehead atoms. The van der Waals surface area contributed by atoms with Crippen LogP contribution in [0.2, 0.25) is 0 Å². The predicted octanol–water partition coefficient (Wildman–Crippen LogP) is 2.56. The Morgan fingerprint density at radius 2 is 2.00 bits per heavy atom. The zero-order valence-corrected chi connectivity index (χ0v) is 20.2. The molecule has 0 aliphatic heterocycles. The third-order valence-electron chi connectivity index (χ3n) is 6.77. The molecule has 2 aromatic heterocycles. The van der Waals surface area contributed by atoms with Gasteiger partial charge in [0.05, 0.1) is 29.1 Å². The SMILES string of the molecule is C#CCN(c1ccc(C(=O)On2nnc3ccccc32)cc1)[C@H]1CCc2cc3nc(CO)[nH]c(=O)c3cc21. The van der Waals surface area contributed by atoms with Gasteiger partial charge in [0, 0.05) is 5.69 Å². The summed E-state index contributed by atoms with van der Waals surface area (Å²) in [7, 11) is 0. The summed E-state index contributed by atoms with van der Waals surface area (Å²) in [4.78, 5) is 41.0. The van der Waals surface area contributed by atoms with Crippen LogP contribution < -0.4 is 15.3 Å². The minimum Gasteiger partial charge on any atom is -0.388 e. The molecule has 10 heteroatoms. The summed E-state index contributed by atoms with van der Waals surface area (Å²) >= 11 is 0. The van der Waals surface area contributed by atoms with Gasteiger partial charge in [0.2, 0.25) is 0 Å². The summed E-state index contributed by atoms with van der Waals surface area (Å²) < 4.78 is 0. The van der Waals surface area contributed by atoms with E-state index in [1.165, 1.54) is 0 Å². The van der Waals surface area contributed by atoms with Gasteiger partial charge in [0.1, 0.15) is 23.5 Å². The van der Waals surface area contributed by atoms with Crippen molar-refractivity contribution in [3.8, 4) is 12.3 Å². The molecule has 1 aliphatic carbocycles. The maximum Gasteiger partial charge on any atom is 0.365 e. The fraction of sp³-hybridized carbons (Fsp3) is 0.179. The fourth-order valence-corrected chi connectivity index (χ4v) is 4.98. The lowest BCUT2D eigenvalue weighted by Crippen LogP contribution is -2.28. The fourth-order valence-electron chi connectivity index (χ4n) is 4.98. The Kier molecular flexibility index (Phi) is 5.82. The van der Waals surface area contributed by atoms with Crippen LogP contribution in [0.15, 0.2) is 65.5 Å². The number of benzene rings is 3. The topological polar surface area (TPSA) is 126 Å². The minimum absolute atomic E-state index is 0.0540. The molecule has 2 N–H and O–H groups in total. The van der Waals surface area contributed by atoms with Gasteiger partial charge < -0.3 is 19.8 Å². The Morgan fingerprint density at radius 1 is 1.18 bits per heavy atom. The average Bonchev–Trinajstić information content (AvgIpc) is 3.54. The van der Waals surface area contributed by atoms with E-state index in [1.54, 1.807) is 24.3 Å². The molecule has 0 unspecified atom stereocenters. The van der Waals surface area contributed by atoms with Crippen LogP contribution in [0, 0.1) is 12.3 Å². The summed E-state index contributed by atoms with van der Waals surface area (Å²) in [6.07, 6.45) is 7.34. The van der Waals surface area contributed by atoms with Crippen LogP contribution in [0.25, 0.3) is 21.9 Å². The van der Waals surface area contributed by atoms with E-state index in [9.17, 15) is 14.7 Å². The summed E-state index contributed by atoms with van der Waals surface area (Å²) in [6.45, 7) is 0.00867. The van der Waals surface area contributed by atoms with Crippen molar-refractivity contribution < 1.29 is 14.7 Å². The first-order chi connectivity index (χ1) is 18.6. The normalized spacial score (nSPS) is 14.4. The Balaban J connectivity index is 1.28. The lowest BCUT2D eigenvalue weighted by molar-refractivity contribution is 0.0409. The quantitative estimate of drug-likeness (QED) is 0.266. The highest BCUT2D eigenvalue weighted by Crippen LogP contribution is 2.39. The maximum absolute atomic E-state index is 12.8. The number of H-pyrrole nitrogens is 1. The molecule has 0 radical (unpaired) electrons. The number of hydrogen-bond donors (Lipinski definition) is 2. The highest BCUT2D eigenvalue weighted by molar-refractivity contribution is 5.90. The van der Waals surface area contributed by atoms with E-state index in [-0.39, 0.29) is 24.0 Å². The number of aromatic amines is 1. The summed E-state index contributed by atoms with van der Waals surface area (Å²) in [6, 6.07) is 17.9. The molecular weight excluding hydrogens is 484 g/mol. The van der Waals surface area contributed by atoms with Crippen LogP contribution in [0.3, 0.4) is 0 Å². The summed E-state index contributed by atoms with van der Waals surface area (Å²) in [5.74, 6) is 2.40. The molecule has 1 aliphatic rings. The van der Waals surface area contributed by atoms with Crippen LogP contribution in [0.1, 0.15) is 39.8 Å². The molecule has 0 saturated carbocycles. The van der Waals surface area contributed by atoms with Crippen molar-refractivity contribution in [3.63, 3.8) is 0 Å². The van der Waals surface area contributed by atoms with E-state index < -0.39 is 5.97 Å². The molecule has 10 nitrogen and oxygen atoms in total. The van der Waals surface area contributed by atoms with Crippen LogP contribution in [-0.4, -0.2) is 42.7 Å². The van der Waals surface area contributed by atoms with E-state index in [0.717, 1.165) is 34.5 Å². The number of para-hydroxylation sites is 1. The van der Waals surface area contributed by atoms with E-state index in [2.05, 4.69) is 31.1 Å². The molecule has 0 amide bonds. The van der Waals surface area contributed by atoms with Crippen LogP contribution in [-0.2, 0) is 13.0 Å². The second-order valence-corrected chi connectivity index (χ2v) is 9.00. The van der Waals surface area contributed by atoms with Crippen LogP contribution >= 0.6 is 0 Å². The number of carbonyl (C=O) groups excluding carboxylic acids is 1. The maximum atomic E-state index is 12.8. The van der Waals surface area contributed by atoms with Crippen molar-refractivity contribution in [2.24, 2.45) is 0 Å². The summed E-state index contributed by atoms with van der Waals surface area (Å²) in [5, 5.41) is 17.7. The van der Waals surface area contributed by atoms with E-state index >= 15 is 0 Å². The largest absolute Gasteiger partial charge is 0.388 e. The highest BCUT2D eigenvalue weighted by atomic mass is 16.7. The minimum atomic E-state index is -0.567. The van der Waals surface area contributed by atoms with Gasteiger partial charge >= 0.3 is 5.97 Å². The predicted molar refractivity (Wildman–Crippen MR) is 140 cm³/mol. The smallest absolute Gasteiger partial charge is 0.365 e. The van der Waals surface area contributed by atoms with Gasteiger partial charge in [-0.1, -0.05) is 22.9 Å². The Bertz CT molecular complexity index is 1780. The number of aromatic nitrogens is 5. The molecule has 6 rings (SSSR count). The van der Waals surface area contributed by atoms with Gasteiger partial charge in [-0.25, -0.2) is 9.78 Å². The summed E-state index contributed by atoms with van der Waals surface area (Å²) in [5.41, 5.74) is 4.77. The number of terminal acetylenes is 1. The standard InChI is InChI=1S/C28H22N6O4/c1-2-13-33(24-12-9-18-14-23-21(15-20(18)24)27(36)30-26(16-35)29-23)19-10-7-17(8-11-19)28(37)38-34-25-6-4-3-5-22(25)31-32-34/h1,3-8,10-11,14-15,24,35H,9,12-13,16H2,(H,29,30,36)/t24-/m0/s1. The van der Waals surface area contributed by atoms with Crippen molar-refractivity contribution in [2.45, 2.75) is 25.5 Å².